The van der Waals surface area contributed by atoms with Gasteiger partial charge in [-0.05, 0) is 65.6 Å². The predicted molar refractivity (Wildman–Crippen MR) is 122 cm³/mol. The second kappa shape index (κ2) is 9.30. The van der Waals surface area contributed by atoms with E-state index < -0.39 is 0 Å². The lowest BCUT2D eigenvalue weighted by molar-refractivity contribution is -0.129. The van der Waals surface area contributed by atoms with Gasteiger partial charge in [0.2, 0.25) is 11.1 Å². The van der Waals surface area contributed by atoms with E-state index in [1.165, 1.54) is 11.8 Å². The summed E-state index contributed by atoms with van der Waals surface area (Å²) in [6, 6.07) is 11.8. The molecule has 0 N–H and O–H groups in total. The van der Waals surface area contributed by atoms with Gasteiger partial charge in [-0.3, -0.25) is 4.79 Å². The number of nitrogens with zero attached hydrogens (tertiary/aromatic N) is 5. The monoisotopic (exact) mass is 467 g/mol. The van der Waals surface area contributed by atoms with Crippen molar-refractivity contribution in [1.82, 2.24) is 25.1 Å². The molecular weight excluding hydrogens is 442 g/mol. The molecule has 0 radical (unpaired) electrons. The molecule has 1 aromatic heterocycles. The molecule has 2 aliphatic rings. The van der Waals surface area contributed by atoms with Crippen LogP contribution in [0.4, 0.5) is 0 Å². The Kier molecular flexibility index (Phi) is 6.08. The van der Waals surface area contributed by atoms with Gasteiger partial charge in [0.15, 0.2) is 11.5 Å². The smallest absolute Gasteiger partial charge is 0.233 e. The highest BCUT2D eigenvalue weighted by molar-refractivity contribution is 7.99. The average molecular weight is 468 g/mol. The number of aryl methyl sites for hydroxylation is 1. The van der Waals surface area contributed by atoms with Crippen molar-refractivity contribution in [3.63, 3.8) is 0 Å². The minimum Gasteiger partial charge on any atom is -0.494 e. The normalized spacial score (nSPS) is 17.3. The van der Waals surface area contributed by atoms with Crippen LogP contribution in [-0.4, -0.2) is 63.6 Å². The van der Waals surface area contributed by atoms with Crippen molar-refractivity contribution < 1.29 is 19.0 Å². The van der Waals surface area contributed by atoms with Crippen LogP contribution in [0.15, 0.2) is 41.6 Å². The lowest BCUT2D eigenvalue weighted by Crippen LogP contribution is -2.32. The summed E-state index contributed by atoms with van der Waals surface area (Å²) in [5.74, 6) is 2.48. The molecule has 3 aromatic rings. The molecule has 172 valence electrons. The summed E-state index contributed by atoms with van der Waals surface area (Å²) in [5, 5.41) is 12.6. The lowest BCUT2D eigenvalue weighted by Gasteiger charge is -2.26. The first-order valence-electron chi connectivity index (χ1n) is 10.9. The molecule has 5 rings (SSSR count). The maximum atomic E-state index is 13.2. The van der Waals surface area contributed by atoms with Crippen molar-refractivity contribution in [3.8, 4) is 22.9 Å². The van der Waals surface area contributed by atoms with Crippen molar-refractivity contribution >= 4 is 17.7 Å². The Hall–Kier alpha value is -3.27. The SMILES string of the molecule is COc1ccc(C)cc1-n1nnnc1SCC(=O)N1CCC[C@@H]1c1ccc2c(c1)OCCO2. The average Bonchev–Trinajstić information content (AvgIpc) is 3.52. The number of tetrazole rings is 1. The molecular formula is C23H25N5O4S. The Bertz CT molecular complexity index is 1170. The van der Waals surface area contributed by atoms with Gasteiger partial charge in [-0.25, -0.2) is 0 Å². The van der Waals surface area contributed by atoms with E-state index in [1.807, 2.05) is 48.2 Å². The number of aromatic nitrogens is 4. The van der Waals surface area contributed by atoms with Crippen molar-refractivity contribution in [3.05, 3.63) is 47.5 Å². The Morgan fingerprint density at radius 3 is 2.88 bits per heavy atom. The zero-order valence-electron chi connectivity index (χ0n) is 18.6. The third-order valence-electron chi connectivity index (χ3n) is 5.85. The summed E-state index contributed by atoms with van der Waals surface area (Å²) in [5.41, 5.74) is 2.88. The summed E-state index contributed by atoms with van der Waals surface area (Å²) in [4.78, 5) is 15.1. The third-order valence-corrected chi connectivity index (χ3v) is 6.76. The zero-order valence-corrected chi connectivity index (χ0v) is 19.4. The van der Waals surface area contributed by atoms with Gasteiger partial charge in [0.25, 0.3) is 0 Å². The summed E-state index contributed by atoms with van der Waals surface area (Å²) in [6.45, 7) is 3.83. The molecule has 0 aliphatic carbocycles. The molecule has 1 saturated heterocycles. The number of benzene rings is 2. The molecule has 1 amide bonds. The number of ether oxygens (including phenoxy) is 3. The Balaban J connectivity index is 1.30. The number of amides is 1. The highest BCUT2D eigenvalue weighted by atomic mass is 32.2. The van der Waals surface area contributed by atoms with E-state index in [-0.39, 0.29) is 17.7 Å². The number of thioether (sulfide) groups is 1. The van der Waals surface area contributed by atoms with Crippen LogP contribution in [0.1, 0.15) is 30.0 Å². The van der Waals surface area contributed by atoms with Crippen LogP contribution in [0.25, 0.3) is 5.69 Å². The Morgan fingerprint density at radius 2 is 2.03 bits per heavy atom. The fourth-order valence-electron chi connectivity index (χ4n) is 4.27. The van der Waals surface area contributed by atoms with E-state index in [2.05, 4.69) is 15.5 Å². The number of rotatable bonds is 6. The van der Waals surface area contributed by atoms with Gasteiger partial charge in [-0.15, -0.1) is 5.10 Å². The molecule has 1 atom stereocenters. The lowest BCUT2D eigenvalue weighted by atomic mass is 10.0. The van der Waals surface area contributed by atoms with Gasteiger partial charge in [-0.2, -0.15) is 4.68 Å². The molecule has 2 aromatic carbocycles. The second-order valence-corrected chi connectivity index (χ2v) is 8.93. The van der Waals surface area contributed by atoms with Crippen LogP contribution >= 0.6 is 11.8 Å². The van der Waals surface area contributed by atoms with E-state index in [9.17, 15) is 4.79 Å². The highest BCUT2D eigenvalue weighted by Gasteiger charge is 2.31. The zero-order chi connectivity index (χ0) is 22.8. The number of methoxy groups -OCH3 is 1. The molecule has 0 saturated carbocycles. The predicted octanol–water partition coefficient (Wildman–Crippen LogP) is 3.21. The van der Waals surface area contributed by atoms with E-state index in [4.69, 9.17) is 14.2 Å². The molecule has 0 bridgehead atoms. The van der Waals surface area contributed by atoms with Crippen LogP contribution in [-0.2, 0) is 4.79 Å². The number of carbonyl (C=O) groups excluding carboxylic acids is 1. The largest absolute Gasteiger partial charge is 0.494 e. The van der Waals surface area contributed by atoms with Gasteiger partial charge in [0.05, 0.1) is 18.9 Å². The Morgan fingerprint density at radius 1 is 1.18 bits per heavy atom. The topological polar surface area (TPSA) is 91.6 Å². The van der Waals surface area contributed by atoms with Crippen LogP contribution in [0, 0.1) is 6.92 Å². The summed E-state index contributed by atoms with van der Waals surface area (Å²) in [7, 11) is 1.61. The summed E-state index contributed by atoms with van der Waals surface area (Å²) >= 11 is 1.32. The van der Waals surface area contributed by atoms with Crippen molar-refractivity contribution in [1.29, 1.82) is 0 Å². The quantitative estimate of drug-likeness (QED) is 0.511. The molecule has 3 heterocycles. The van der Waals surface area contributed by atoms with Crippen molar-refractivity contribution in [2.24, 2.45) is 0 Å². The number of hydrogen-bond donors (Lipinski definition) is 0. The van der Waals surface area contributed by atoms with Gasteiger partial charge in [0, 0.05) is 6.54 Å². The summed E-state index contributed by atoms with van der Waals surface area (Å²) < 4.78 is 18.4. The first-order valence-corrected chi connectivity index (χ1v) is 11.9. The summed E-state index contributed by atoms with van der Waals surface area (Å²) in [6.07, 6.45) is 1.89. The second-order valence-electron chi connectivity index (χ2n) is 7.99. The molecule has 0 spiro atoms. The van der Waals surface area contributed by atoms with Crippen molar-refractivity contribution in [2.45, 2.75) is 31.0 Å². The standard InChI is InChI=1S/C23H25N5O4S/c1-15-5-7-19(30-2)18(12-15)28-23(24-25-26-28)33-14-22(29)27-9-3-4-17(27)16-6-8-20-21(13-16)32-11-10-31-20/h5-8,12-13,17H,3-4,9-11,14H2,1-2H3/t17-/m1/s1. The van der Waals surface area contributed by atoms with Crippen LogP contribution in [0.3, 0.4) is 0 Å². The number of hydrogen-bond acceptors (Lipinski definition) is 8. The number of fused-ring (bicyclic) bond motifs is 1. The van der Waals surface area contributed by atoms with Crippen molar-refractivity contribution in [2.75, 3.05) is 32.6 Å². The highest BCUT2D eigenvalue weighted by Crippen LogP contribution is 2.38. The molecule has 1 fully saturated rings. The third kappa shape index (κ3) is 4.35. The molecule has 10 heteroatoms. The van der Waals surface area contributed by atoms with Gasteiger partial charge >= 0.3 is 0 Å². The Labute approximate surface area is 196 Å². The molecule has 0 unspecified atom stereocenters. The van der Waals surface area contributed by atoms with Gasteiger partial charge < -0.3 is 19.1 Å². The first-order chi connectivity index (χ1) is 16.1. The van der Waals surface area contributed by atoms with Gasteiger partial charge in [0.1, 0.15) is 24.7 Å². The van der Waals surface area contributed by atoms with E-state index in [1.54, 1.807) is 11.8 Å². The maximum absolute atomic E-state index is 13.2. The van der Waals surface area contributed by atoms with Crippen LogP contribution in [0.5, 0.6) is 17.2 Å². The minimum atomic E-state index is 0.0294. The van der Waals surface area contributed by atoms with E-state index >= 15 is 0 Å². The van der Waals surface area contributed by atoms with Crippen LogP contribution < -0.4 is 14.2 Å². The fourth-order valence-corrected chi connectivity index (χ4v) is 5.04. The van der Waals surface area contributed by atoms with E-state index in [0.29, 0.717) is 24.1 Å². The molecule has 2 aliphatic heterocycles. The van der Waals surface area contributed by atoms with Crippen LogP contribution in [0.2, 0.25) is 0 Å². The number of carbonyl (C=O) groups is 1. The first kappa shape index (κ1) is 21.6. The molecule has 9 nitrogen and oxygen atoms in total. The molecule has 33 heavy (non-hydrogen) atoms. The van der Waals surface area contributed by atoms with Gasteiger partial charge in [-0.1, -0.05) is 23.9 Å². The number of likely N-dealkylation sites (tertiary alicyclic amines) is 1. The minimum absolute atomic E-state index is 0.0294. The van der Waals surface area contributed by atoms with E-state index in [0.717, 1.165) is 47.7 Å². The maximum Gasteiger partial charge on any atom is 0.233 e. The fraction of sp³-hybridized carbons (Fsp3) is 0.391.